The van der Waals surface area contributed by atoms with Gasteiger partial charge in [0.15, 0.2) is 0 Å². The second kappa shape index (κ2) is 6.52. The maximum absolute atomic E-state index is 12.2. The highest BCUT2D eigenvalue weighted by molar-refractivity contribution is 9.11. The van der Waals surface area contributed by atoms with Crippen LogP contribution in [0, 0.1) is 0 Å². The molecular weight excluding hydrogens is 288 g/mol. The Morgan fingerprint density at radius 3 is 2.73 bits per heavy atom. The van der Waals surface area contributed by atoms with E-state index in [-0.39, 0.29) is 19.7 Å². The van der Waals surface area contributed by atoms with Crippen molar-refractivity contribution in [2.75, 3.05) is 19.7 Å². The van der Waals surface area contributed by atoms with Gasteiger partial charge in [-0.3, -0.25) is 4.90 Å². The van der Waals surface area contributed by atoms with Crippen LogP contribution in [0.5, 0.6) is 0 Å². The molecule has 0 spiro atoms. The lowest BCUT2D eigenvalue weighted by atomic mass is 10.3. The fraction of sp³-hybridized carbons (Fsp3) is 0.556. The number of alkyl halides is 2. The van der Waals surface area contributed by atoms with Crippen molar-refractivity contribution in [3.63, 3.8) is 0 Å². The van der Waals surface area contributed by atoms with E-state index in [1.54, 1.807) is 4.90 Å². The minimum atomic E-state index is -2.36. The summed E-state index contributed by atoms with van der Waals surface area (Å²) in [6.07, 6.45) is -2.36. The Morgan fingerprint density at radius 2 is 2.27 bits per heavy atom. The molecule has 1 N–H and O–H groups in total. The molecule has 0 aliphatic carbocycles. The number of hydrogen-bond acceptors (Lipinski definition) is 3. The van der Waals surface area contributed by atoms with Crippen LogP contribution in [-0.2, 0) is 6.54 Å². The SMILES string of the molecule is OCCN(Cc1csc(Br)c1)CC(F)F. The van der Waals surface area contributed by atoms with Crippen LogP contribution in [0.3, 0.4) is 0 Å². The van der Waals surface area contributed by atoms with Gasteiger partial charge in [-0.15, -0.1) is 11.3 Å². The molecule has 0 fully saturated rings. The minimum Gasteiger partial charge on any atom is -0.395 e. The predicted octanol–water partition coefficient (Wildman–Crippen LogP) is 2.57. The largest absolute Gasteiger partial charge is 0.395 e. The minimum absolute atomic E-state index is 0.0992. The van der Waals surface area contributed by atoms with Crippen molar-refractivity contribution in [1.82, 2.24) is 4.90 Å². The first-order valence-electron chi connectivity index (χ1n) is 4.46. The molecule has 15 heavy (non-hydrogen) atoms. The van der Waals surface area contributed by atoms with Crippen molar-refractivity contribution < 1.29 is 13.9 Å². The predicted molar refractivity (Wildman–Crippen MR) is 60.4 cm³/mol. The third-order valence-corrected chi connectivity index (χ3v) is 3.39. The van der Waals surface area contributed by atoms with Gasteiger partial charge >= 0.3 is 0 Å². The summed E-state index contributed by atoms with van der Waals surface area (Å²) in [6.45, 7) is 0.330. The molecule has 0 amide bonds. The van der Waals surface area contributed by atoms with Crippen LogP contribution in [0.2, 0.25) is 0 Å². The third-order valence-electron chi connectivity index (χ3n) is 1.84. The first-order chi connectivity index (χ1) is 7.11. The van der Waals surface area contributed by atoms with Crippen molar-refractivity contribution in [1.29, 1.82) is 0 Å². The number of aliphatic hydroxyl groups is 1. The molecule has 0 aromatic carbocycles. The Hall–Kier alpha value is -0.0400. The fourth-order valence-electron chi connectivity index (χ4n) is 1.26. The van der Waals surface area contributed by atoms with Gasteiger partial charge in [-0.1, -0.05) is 0 Å². The molecule has 1 aromatic rings. The summed E-state index contributed by atoms with van der Waals surface area (Å²) in [5.41, 5.74) is 0.987. The van der Waals surface area contributed by atoms with Gasteiger partial charge in [-0.2, -0.15) is 0 Å². The third kappa shape index (κ3) is 5.01. The lowest BCUT2D eigenvalue weighted by Crippen LogP contribution is -2.31. The summed E-state index contributed by atoms with van der Waals surface area (Å²) >= 11 is 4.84. The van der Waals surface area contributed by atoms with Gasteiger partial charge < -0.3 is 5.11 Å². The Balaban J connectivity index is 2.50. The van der Waals surface area contributed by atoms with E-state index in [0.29, 0.717) is 6.54 Å². The van der Waals surface area contributed by atoms with Crippen molar-refractivity contribution in [3.05, 3.63) is 20.8 Å². The zero-order valence-corrected chi connectivity index (χ0v) is 10.4. The van der Waals surface area contributed by atoms with E-state index in [9.17, 15) is 8.78 Å². The number of halogens is 3. The molecule has 0 atom stereocenters. The molecular formula is C9H12BrF2NOS. The van der Waals surface area contributed by atoms with Crippen LogP contribution in [0.4, 0.5) is 8.78 Å². The molecule has 0 unspecified atom stereocenters. The summed E-state index contributed by atoms with van der Waals surface area (Å²) in [5.74, 6) is 0. The zero-order chi connectivity index (χ0) is 11.3. The van der Waals surface area contributed by atoms with Crippen LogP contribution in [0.25, 0.3) is 0 Å². The highest BCUT2D eigenvalue weighted by atomic mass is 79.9. The molecule has 0 radical (unpaired) electrons. The Morgan fingerprint density at radius 1 is 1.53 bits per heavy atom. The smallest absolute Gasteiger partial charge is 0.251 e. The van der Waals surface area contributed by atoms with Gasteiger partial charge in [0.2, 0.25) is 0 Å². The molecule has 0 bridgehead atoms. The molecule has 86 valence electrons. The maximum atomic E-state index is 12.2. The van der Waals surface area contributed by atoms with Crippen LogP contribution >= 0.6 is 27.3 Å². The Kier molecular flexibility index (Phi) is 5.66. The fourth-order valence-corrected chi connectivity index (χ4v) is 2.46. The van der Waals surface area contributed by atoms with Gasteiger partial charge in [-0.05, 0) is 32.9 Å². The molecule has 0 saturated heterocycles. The average molecular weight is 300 g/mol. The van der Waals surface area contributed by atoms with E-state index in [4.69, 9.17) is 5.11 Å². The van der Waals surface area contributed by atoms with Gasteiger partial charge in [0.05, 0.1) is 16.9 Å². The van der Waals surface area contributed by atoms with Crippen molar-refractivity contribution in [2.24, 2.45) is 0 Å². The van der Waals surface area contributed by atoms with E-state index in [2.05, 4.69) is 15.9 Å². The molecule has 1 aromatic heterocycles. The van der Waals surface area contributed by atoms with Crippen molar-refractivity contribution >= 4 is 27.3 Å². The van der Waals surface area contributed by atoms with Gasteiger partial charge in [0.25, 0.3) is 6.43 Å². The van der Waals surface area contributed by atoms with E-state index in [0.717, 1.165) is 9.35 Å². The van der Waals surface area contributed by atoms with E-state index in [1.165, 1.54) is 11.3 Å². The summed E-state index contributed by atoms with van der Waals surface area (Å²) < 4.78 is 25.4. The van der Waals surface area contributed by atoms with E-state index < -0.39 is 6.43 Å². The summed E-state index contributed by atoms with van der Waals surface area (Å²) in [4.78, 5) is 1.54. The number of nitrogens with zero attached hydrogens (tertiary/aromatic N) is 1. The van der Waals surface area contributed by atoms with Gasteiger partial charge in [0.1, 0.15) is 0 Å². The normalized spacial score (nSPS) is 11.6. The van der Waals surface area contributed by atoms with Crippen LogP contribution in [0.1, 0.15) is 5.56 Å². The second-order valence-electron chi connectivity index (χ2n) is 3.11. The Labute approximate surface area is 99.6 Å². The lowest BCUT2D eigenvalue weighted by Gasteiger charge is -2.19. The second-order valence-corrected chi connectivity index (χ2v) is 5.40. The molecule has 6 heteroatoms. The maximum Gasteiger partial charge on any atom is 0.251 e. The monoisotopic (exact) mass is 299 g/mol. The summed E-state index contributed by atoms with van der Waals surface area (Å²) in [7, 11) is 0. The molecule has 0 saturated carbocycles. The van der Waals surface area contributed by atoms with Crippen LogP contribution in [0.15, 0.2) is 15.2 Å². The quantitative estimate of drug-likeness (QED) is 0.873. The number of rotatable bonds is 6. The zero-order valence-electron chi connectivity index (χ0n) is 8.00. The van der Waals surface area contributed by atoms with E-state index >= 15 is 0 Å². The lowest BCUT2D eigenvalue weighted by molar-refractivity contribution is 0.0747. The van der Waals surface area contributed by atoms with Gasteiger partial charge in [0, 0.05) is 13.1 Å². The average Bonchev–Trinajstić information content (AvgIpc) is 2.50. The topological polar surface area (TPSA) is 23.5 Å². The first kappa shape index (κ1) is 13.0. The first-order valence-corrected chi connectivity index (χ1v) is 6.13. The van der Waals surface area contributed by atoms with Gasteiger partial charge in [-0.25, -0.2) is 8.78 Å². The highest BCUT2D eigenvalue weighted by Crippen LogP contribution is 2.21. The summed E-state index contributed by atoms with van der Waals surface area (Å²) in [6, 6.07) is 1.90. The standard InChI is InChI=1S/C9H12BrF2NOS/c10-8-3-7(6-15-8)4-13(1-2-14)5-9(11)12/h3,6,9,14H,1-2,4-5H2. The number of hydrogen-bond donors (Lipinski definition) is 1. The van der Waals surface area contributed by atoms with Crippen LogP contribution in [-0.4, -0.2) is 36.1 Å². The summed E-state index contributed by atoms with van der Waals surface area (Å²) in [5, 5.41) is 10.7. The number of thiophene rings is 1. The Bertz CT molecular complexity index is 295. The molecule has 0 aliphatic heterocycles. The van der Waals surface area contributed by atoms with Crippen molar-refractivity contribution in [2.45, 2.75) is 13.0 Å². The van der Waals surface area contributed by atoms with E-state index in [1.807, 2.05) is 11.4 Å². The van der Waals surface area contributed by atoms with Crippen LogP contribution < -0.4 is 0 Å². The highest BCUT2D eigenvalue weighted by Gasteiger charge is 2.12. The molecule has 0 aliphatic rings. The molecule has 1 heterocycles. The molecule has 1 rings (SSSR count). The molecule has 2 nitrogen and oxygen atoms in total. The number of aliphatic hydroxyl groups excluding tert-OH is 1. The van der Waals surface area contributed by atoms with Crippen molar-refractivity contribution in [3.8, 4) is 0 Å².